The summed E-state index contributed by atoms with van der Waals surface area (Å²) < 4.78 is 1.87. The maximum absolute atomic E-state index is 11.1. The molecule has 0 aliphatic rings. The van der Waals surface area contributed by atoms with Crippen molar-refractivity contribution in [1.29, 1.82) is 0 Å². The molecule has 6 nitrogen and oxygen atoms in total. The Labute approximate surface area is 152 Å². The summed E-state index contributed by atoms with van der Waals surface area (Å²) in [6, 6.07) is 2.05. The van der Waals surface area contributed by atoms with Gasteiger partial charge in [-0.3, -0.25) is 4.98 Å². The molecule has 3 aromatic heterocycles. The van der Waals surface area contributed by atoms with Crippen molar-refractivity contribution in [3.05, 3.63) is 47.6 Å². The summed E-state index contributed by atoms with van der Waals surface area (Å²) in [5.74, 6) is -0.981. The maximum Gasteiger partial charge on any atom is 0.328 e. The van der Waals surface area contributed by atoms with Crippen molar-refractivity contribution in [2.45, 2.75) is 40.2 Å². The minimum Gasteiger partial charge on any atom is -0.478 e. The average molecular weight is 350 g/mol. The number of carbonyl (C=O) groups is 1. The molecule has 3 heterocycles. The van der Waals surface area contributed by atoms with Crippen molar-refractivity contribution in [2.24, 2.45) is 0 Å². The number of aryl methyl sites for hydroxylation is 3. The van der Waals surface area contributed by atoms with E-state index in [0.29, 0.717) is 0 Å². The van der Waals surface area contributed by atoms with E-state index in [1.165, 1.54) is 6.08 Å². The van der Waals surface area contributed by atoms with Gasteiger partial charge in [-0.25, -0.2) is 14.5 Å². The number of pyridine rings is 2. The quantitative estimate of drug-likeness (QED) is 0.683. The SMILES string of the molecule is CCCc1nc2c(cnn2CC)c(-c2cncc(C)c2)c1/C=C/C(=O)O. The Balaban J connectivity index is 2.40. The Hall–Kier alpha value is -3.02. The van der Waals surface area contributed by atoms with E-state index in [1.54, 1.807) is 24.7 Å². The van der Waals surface area contributed by atoms with Crippen molar-refractivity contribution in [2.75, 3.05) is 0 Å². The lowest BCUT2D eigenvalue weighted by molar-refractivity contribution is -0.131. The summed E-state index contributed by atoms with van der Waals surface area (Å²) >= 11 is 0. The van der Waals surface area contributed by atoms with Crippen LogP contribution in [0, 0.1) is 6.92 Å². The molecule has 0 fully saturated rings. The van der Waals surface area contributed by atoms with Crippen LogP contribution in [0.5, 0.6) is 0 Å². The highest BCUT2D eigenvalue weighted by molar-refractivity contribution is 5.99. The largest absolute Gasteiger partial charge is 0.478 e. The van der Waals surface area contributed by atoms with Gasteiger partial charge in [0.2, 0.25) is 0 Å². The standard InChI is InChI=1S/C20H22N4O2/c1-4-6-17-15(7-8-18(25)26)19(14-9-13(3)10-21-11-14)16-12-22-24(5-2)20(16)23-17/h7-12H,4-6H2,1-3H3,(H,25,26)/b8-7+. The van der Waals surface area contributed by atoms with Gasteiger partial charge in [-0.2, -0.15) is 5.10 Å². The van der Waals surface area contributed by atoms with Crippen LogP contribution >= 0.6 is 0 Å². The Kier molecular flexibility index (Phi) is 5.11. The number of nitrogens with zero attached hydrogens (tertiary/aromatic N) is 4. The Morgan fingerprint density at radius 1 is 1.27 bits per heavy atom. The molecule has 6 heteroatoms. The van der Waals surface area contributed by atoms with E-state index in [0.717, 1.165) is 58.4 Å². The summed E-state index contributed by atoms with van der Waals surface area (Å²) in [5, 5.41) is 14.5. The lowest BCUT2D eigenvalue weighted by Gasteiger charge is -2.14. The number of aliphatic carboxylic acids is 1. The van der Waals surface area contributed by atoms with Gasteiger partial charge in [0.25, 0.3) is 0 Å². The number of carboxylic acid groups (broad SMARTS) is 1. The summed E-state index contributed by atoms with van der Waals surface area (Å²) in [6.07, 6.45) is 9.89. The summed E-state index contributed by atoms with van der Waals surface area (Å²) in [7, 11) is 0. The molecule has 1 N–H and O–H groups in total. The van der Waals surface area contributed by atoms with Gasteiger partial charge in [0.15, 0.2) is 5.65 Å². The summed E-state index contributed by atoms with van der Waals surface area (Å²) in [6.45, 7) is 6.82. The molecule has 0 aliphatic heterocycles. The monoisotopic (exact) mass is 350 g/mol. The fraction of sp³-hybridized carbons (Fsp3) is 0.300. The minimum absolute atomic E-state index is 0.720. The lowest BCUT2D eigenvalue weighted by atomic mass is 9.94. The number of hydrogen-bond acceptors (Lipinski definition) is 4. The molecule has 0 bridgehead atoms. The smallest absolute Gasteiger partial charge is 0.328 e. The third-order valence-corrected chi connectivity index (χ3v) is 4.24. The molecule has 0 aromatic carbocycles. The molecule has 134 valence electrons. The van der Waals surface area contributed by atoms with Crippen LogP contribution < -0.4 is 0 Å². The van der Waals surface area contributed by atoms with Gasteiger partial charge in [0.05, 0.1) is 11.9 Å². The molecule has 0 unspecified atom stereocenters. The summed E-state index contributed by atoms with van der Waals surface area (Å²) in [4.78, 5) is 20.3. The third kappa shape index (κ3) is 3.35. The van der Waals surface area contributed by atoms with Gasteiger partial charge < -0.3 is 5.11 Å². The fourth-order valence-electron chi connectivity index (χ4n) is 3.15. The Morgan fingerprint density at radius 3 is 2.73 bits per heavy atom. The number of fused-ring (bicyclic) bond motifs is 1. The second kappa shape index (κ2) is 7.47. The predicted octanol–water partition coefficient (Wildman–Crippen LogP) is 3.87. The first-order valence-corrected chi connectivity index (χ1v) is 8.76. The molecule has 0 atom stereocenters. The molecule has 0 radical (unpaired) electrons. The average Bonchev–Trinajstić information content (AvgIpc) is 3.02. The molecule has 0 aliphatic carbocycles. The van der Waals surface area contributed by atoms with Crippen LogP contribution in [0.25, 0.3) is 28.2 Å². The van der Waals surface area contributed by atoms with E-state index in [-0.39, 0.29) is 0 Å². The van der Waals surface area contributed by atoms with Crippen molar-refractivity contribution in [3.8, 4) is 11.1 Å². The second-order valence-corrected chi connectivity index (χ2v) is 6.22. The zero-order valence-electron chi connectivity index (χ0n) is 15.2. The number of carboxylic acids is 1. The number of rotatable bonds is 6. The first-order chi connectivity index (χ1) is 12.5. The van der Waals surface area contributed by atoms with E-state index in [1.807, 2.05) is 18.5 Å². The van der Waals surface area contributed by atoms with E-state index in [2.05, 4.69) is 23.1 Å². The van der Waals surface area contributed by atoms with Gasteiger partial charge in [-0.05, 0) is 38.0 Å². The Bertz CT molecular complexity index is 989. The second-order valence-electron chi connectivity index (χ2n) is 6.22. The summed E-state index contributed by atoms with van der Waals surface area (Å²) in [5.41, 5.74) is 5.44. The highest BCUT2D eigenvalue weighted by Crippen LogP contribution is 2.34. The molecule has 0 saturated carbocycles. The number of hydrogen-bond donors (Lipinski definition) is 1. The molecule has 0 saturated heterocycles. The van der Waals surface area contributed by atoms with Gasteiger partial charge in [0.1, 0.15) is 0 Å². The first kappa shape index (κ1) is 17.8. The topological polar surface area (TPSA) is 80.9 Å². The Morgan fingerprint density at radius 2 is 2.08 bits per heavy atom. The fourth-order valence-corrected chi connectivity index (χ4v) is 3.15. The van der Waals surface area contributed by atoms with Crippen LogP contribution in [-0.2, 0) is 17.8 Å². The van der Waals surface area contributed by atoms with Crippen LogP contribution in [0.3, 0.4) is 0 Å². The molecule has 26 heavy (non-hydrogen) atoms. The highest BCUT2D eigenvalue weighted by Gasteiger charge is 2.18. The molecule has 0 spiro atoms. The van der Waals surface area contributed by atoms with E-state index < -0.39 is 5.97 Å². The van der Waals surface area contributed by atoms with Crippen molar-refractivity contribution in [1.82, 2.24) is 19.7 Å². The lowest BCUT2D eigenvalue weighted by Crippen LogP contribution is -2.03. The van der Waals surface area contributed by atoms with Crippen molar-refractivity contribution >= 4 is 23.1 Å². The van der Waals surface area contributed by atoms with E-state index in [4.69, 9.17) is 10.1 Å². The molecule has 3 rings (SSSR count). The molecule has 0 amide bonds. The van der Waals surface area contributed by atoms with Crippen molar-refractivity contribution < 1.29 is 9.90 Å². The zero-order valence-corrected chi connectivity index (χ0v) is 15.2. The normalized spacial score (nSPS) is 11.5. The van der Waals surface area contributed by atoms with E-state index in [9.17, 15) is 4.79 Å². The van der Waals surface area contributed by atoms with Crippen LogP contribution in [0.4, 0.5) is 0 Å². The zero-order chi connectivity index (χ0) is 18.7. The highest BCUT2D eigenvalue weighted by atomic mass is 16.4. The van der Waals surface area contributed by atoms with Crippen LogP contribution in [0.2, 0.25) is 0 Å². The van der Waals surface area contributed by atoms with Gasteiger partial charge >= 0.3 is 5.97 Å². The molecular formula is C20H22N4O2. The molecular weight excluding hydrogens is 328 g/mol. The first-order valence-electron chi connectivity index (χ1n) is 8.76. The minimum atomic E-state index is -0.981. The predicted molar refractivity (Wildman–Crippen MR) is 102 cm³/mol. The van der Waals surface area contributed by atoms with E-state index >= 15 is 0 Å². The number of aromatic nitrogens is 4. The van der Waals surface area contributed by atoms with Crippen LogP contribution in [-0.4, -0.2) is 30.8 Å². The third-order valence-electron chi connectivity index (χ3n) is 4.24. The van der Waals surface area contributed by atoms with Gasteiger partial charge in [-0.1, -0.05) is 13.3 Å². The maximum atomic E-state index is 11.1. The van der Waals surface area contributed by atoms with Crippen molar-refractivity contribution in [3.63, 3.8) is 0 Å². The van der Waals surface area contributed by atoms with Gasteiger partial charge in [0, 0.05) is 47.1 Å². The van der Waals surface area contributed by atoms with Crippen LogP contribution in [0.15, 0.2) is 30.7 Å². The van der Waals surface area contributed by atoms with Gasteiger partial charge in [-0.15, -0.1) is 0 Å². The molecule has 3 aromatic rings. The van der Waals surface area contributed by atoms with Crippen LogP contribution in [0.1, 0.15) is 37.1 Å².